The Morgan fingerprint density at radius 1 is 1.20 bits per heavy atom. The smallest absolute Gasteiger partial charge is 0.316 e. The van der Waals surface area contributed by atoms with E-state index < -0.39 is 0 Å². The summed E-state index contributed by atoms with van der Waals surface area (Å²) in [4.78, 5) is 24.5. The Morgan fingerprint density at radius 3 is 2.68 bits per heavy atom. The van der Waals surface area contributed by atoms with Crippen LogP contribution in [-0.2, 0) is 6.42 Å². The number of amides is 1. The SMILES string of the molecule is COc1ncc(C(=O)N2CCc3sccc3C2c2ccccc2)cn1. The van der Waals surface area contributed by atoms with Crippen LogP contribution in [0.1, 0.15) is 32.4 Å². The fraction of sp³-hybridized carbons (Fsp3) is 0.211. The molecule has 0 saturated carbocycles. The van der Waals surface area contributed by atoms with Gasteiger partial charge in [-0.2, -0.15) is 0 Å². The molecule has 126 valence electrons. The Morgan fingerprint density at radius 2 is 1.96 bits per heavy atom. The molecule has 1 amide bonds. The Bertz CT molecular complexity index is 877. The van der Waals surface area contributed by atoms with Crippen molar-refractivity contribution in [2.75, 3.05) is 13.7 Å². The van der Waals surface area contributed by atoms with Gasteiger partial charge in [0, 0.05) is 23.8 Å². The maximum Gasteiger partial charge on any atom is 0.316 e. The van der Waals surface area contributed by atoms with E-state index >= 15 is 0 Å². The van der Waals surface area contributed by atoms with Crippen molar-refractivity contribution in [1.82, 2.24) is 14.9 Å². The standard InChI is InChI=1S/C19H17N3O2S/c1-24-19-20-11-14(12-21-19)18(23)22-9-7-16-15(8-10-25-16)17(22)13-5-3-2-4-6-13/h2-6,8,10-12,17H,7,9H2,1H3. The van der Waals surface area contributed by atoms with Gasteiger partial charge in [-0.05, 0) is 29.0 Å². The summed E-state index contributed by atoms with van der Waals surface area (Å²) in [6.07, 6.45) is 3.93. The number of benzene rings is 1. The van der Waals surface area contributed by atoms with Crippen LogP contribution in [0, 0.1) is 0 Å². The lowest BCUT2D eigenvalue weighted by Crippen LogP contribution is -2.40. The summed E-state index contributed by atoms with van der Waals surface area (Å²) in [7, 11) is 1.50. The molecule has 1 aromatic carbocycles. The summed E-state index contributed by atoms with van der Waals surface area (Å²) in [6, 6.07) is 12.5. The Kier molecular flexibility index (Phi) is 4.19. The number of fused-ring (bicyclic) bond motifs is 1. The van der Waals surface area contributed by atoms with Gasteiger partial charge < -0.3 is 9.64 Å². The first kappa shape index (κ1) is 15.8. The van der Waals surface area contributed by atoms with Crippen LogP contribution in [0.15, 0.2) is 54.2 Å². The molecule has 0 N–H and O–H groups in total. The average Bonchev–Trinajstić information content (AvgIpc) is 3.16. The highest BCUT2D eigenvalue weighted by molar-refractivity contribution is 7.10. The zero-order chi connectivity index (χ0) is 17.2. The topological polar surface area (TPSA) is 55.3 Å². The molecule has 6 heteroatoms. The normalized spacial score (nSPS) is 16.4. The molecule has 1 unspecified atom stereocenters. The quantitative estimate of drug-likeness (QED) is 0.726. The van der Waals surface area contributed by atoms with Crippen LogP contribution in [-0.4, -0.2) is 34.4 Å². The minimum atomic E-state index is -0.0780. The number of rotatable bonds is 3. The second-order valence-electron chi connectivity index (χ2n) is 5.82. The van der Waals surface area contributed by atoms with Gasteiger partial charge in [-0.1, -0.05) is 30.3 Å². The summed E-state index contributed by atoms with van der Waals surface area (Å²) in [5, 5.41) is 2.10. The first-order valence-corrected chi connectivity index (χ1v) is 8.94. The second kappa shape index (κ2) is 6.64. The molecule has 1 aliphatic rings. The molecule has 0 radical (unpaired) electrons. The number of thiophene rings is 1. The van der Waals surface area contributed by atoms with Crippen molar-refractivity contribution in [2.24, 2.45) is 0 Å². The highest BCUT2D eigenvalue weighted by Crippen LogP contribution is 2.38. The van der Waals surface area contributed by atoms with Crippen molar-refractivity contribution in [3.05, 3.63) is 75.7 Å². The predicted molar refractivity (Wildman–Crippen MR) is 95.9 cm³/mol. The molecule has 1 aliphatic heterocycles. The van der Waals surface area contributed by atoms with Crippen molar-refractivity contribution in [2.45, 2.75) is 12.5 Å². The predicted octanol–water partition coefficient (Wildman–Crippen LogP) is 3.33. The van der Waals surface area contributed by atoms with Gasteiger partial charge in [0.2, 0.25) is 0 Å². The molecule has 5 nitrogen and oxygen atoms in total. The van der Waals surface area contributed by atoms with Crippen LogP contribution in [0.2, 0.25) is 0 Å². The van der Waals surface area contributed by atoms with Crippen LogP contribution in [0.5, 0.6) is 6.01 Å². The first-order valence-electron chi connectivity index (χ1n) is 8.06. The molecular weight excluding hydrogens is 334 g/mol. The third kappa shape index (κ3) is 2.89. The summed E-state index contributed by atoms with van der Waals surface area (Å²) in [6.45, 7) is 0.679. The fourth-order valence-electron chi connectivity index (χ4n) is 3.23. The molecule has 0 aliphatic carbocycles. The summed E-state index contributed by atoms with van der Waals surface area (Å²) in [5.74, 6) is -0.0617. The number of nitrogens with zero attached hydrogens (tertiary/aromatic N) is 3. The molecule has 4 rings (SSSR count). The number of hydrogen-bond donors (Lipinski definition) is 0. The number of hydrogen-bond acceptors (Lipinski definition) is 5. The first-order chi connectivity index (χ1) is 12.3. The van der Waals surface area contributed by atoms with Gasteiger partial charge in [0.15, 0.2) is 0 Å². The third-order valence-corrected chi connectivity index (χ3v) is 5.40. The van der Waals surface area contributed by atoms with Gasteiger partial charge in [-0.15, -0.1) is 11.3 Å². The van der Waals surface area contributed by atoms with Crippen LogP contribution >= 0.6 is 11.3 Å². The highest BCUT2D eigenvalue weighted by Gasteiger charge is 2.33. The molecule has 1 atom stereocenters. The molecular formula is C19H17N3O2S. The van der Waals surface area contributed by atoms with Crippen LogP contribution in [0.25, 0.3) is 0 Å². The Hall–Kier alpha value is -2.73. The van der Waals surface area contributed by atoms with Gasteiger partial charge >= 0.3 is 6.01 Å². The summed E-state index contributed by atoms with van der Waals surface area (Å²) < 4.78 is 4.98. The summed E-state index contributed by atoms with van der Waals surface area (Å²) in [5.41, 5.74) is 2.80. The van der Waals surface area contributed by atoms with Crippen LogP contribution < -0.4 is 4.74 Å². The number of methoxy groups -OCH3 is 1. The van der Waals surface area contributed by atoms with Crippen molar-refractivity contribution in [1.29, 1.82) is 0 Å². The molecule has 3 heterocycles. The molecule has 0 spiro atoms. The number of ether oxygens (including phenoxy) is 1. The van der Waals surface area contributed by atoms with Gasteiger partial charge in [0.05, 0.1) is 18.7 Å². The second-order valence-corrected chi connectivity index (χ2v) is 6.82. The van der Waals surface area contributed by atoms with Crippen molar-refractivity contribution in [3.8, 4) is 6.01 Å². The monoisotopic (exact) mass is 351 g/mol. The maximum absolute atomic E-state index is 13.1. The minimum absolute atomic E-state index is 0.0617. The lowest BCUT2D eigenvalue weighted by molar-refractivity contribution is 0.0695. The molecule has 0 saturated heterocycles. The van der Waals surface area contributed by atoms with Crippen molar-refractivity contribution < 1.29 is 9.53 Å². The average molecular weight is 351 g/mol. The molecule has 3 aromatic rings. The Balaban J connectivity index is 1.73. The van der Waals surface area contributed by atoms with Crippen molar-refractivity contribution >= 4 is 17.2 Å². The molecule has 0 bridgehead atoms. The number of carbonyl (C=O) groups excluding carboxylic acids is 1. The van der Waals surface area contributed by atoms with Gasteiger partial charge in [-0.3, -0.25) is 4.79 Å². The van der Waals surface area contributed by atoms with Gasteiger partial charge in [0.25, 0.3) is 5.91 Å². The third-order valence-electron chi connectivity index (χ3n) is 4.40. The number of carbonyl (C=O) groups is 1. The van der Waals surface area contributed by atoms with E-state index in [1.807, 2.05) is 23.1 Å². The molecule has 25 heavy (non-hydrogen) atoms. The lowest BCUT2D eigenvalue weighted by Gasteiger charge is -2.36. The largest absolute Gasteiger partial charge is 0.467 e. The van der Waals surface area contributed by atoms with E-state index in [2.05, 4.69) is 33.5 Å². The van der Waals surface area contributed by atoms with E-state index in [1.54, 1.807) is 11.3 Å². The zero-order valence-electron chi connectivity index (χ0n) is 13.8. The molecule has 2 aromatic heterocycles. The van der Waals surface area contributed by atoms with Gasteiger partial charge in [-0.25, -0.2) is 9.97 Å². The lowest BCUT2D eigenvalue weighted by atomic mass is 9.93. The zero-order valence-corrected chi connectivity index (χ0v) is 14.6. The van der Waals surface area contributed by atoms with E-state index in [1.165, 1.54) is 29.9 Å². The summed E-state index contributed by atoms with van der Waals surface area (Å²) >= 11 is 1.76. The highest BCUT2D eigenvalue weighted by atomic mass is 32.1. The van der Waals surface area contributed by atoms with Gasteiger partial charge in [0.1, 0.15) is 0 Å². The van der Waals surface area contributed by atoms with Crippen LogP contribution in [0.4, 0.5) is 0 Å². The Labute approximate surface area is 149 Å². The fourth-order valence-corrected chi connectivity index (χ4v) is 4.13. The van der Waals surface area contributed by atoms with E-state index in [0.717, 1.165) is 12.0 Å². The van der Waals surface area contributed by atoms with E-state index in [9.17, 15) is 4.79 Å². The van der Waals surface area contributed by atoms with Crippen LogP contribution in [0.3, 0.4) is 0 Å². The maximum atomic E-state index is 13.1. The van der Waals surface area contributed by atoms with E-state index in [-0.39, 0.29) is 18.0 Å². The minimum Gasteiger partial charge on any atom is -0.467 e. The number of aromatic nitrogens is 2. The van der Waals surface area contributed by atoms with E-state index in [0.29, 0.717) is 12.1 Å². The molecule has 0 fully saturated rings. The van der Waals surface area contributed by atoms with E-state index in [4.69, 9.17) is 4.74 Å². The van der Waals surface area contributed by atoms with Crippen molar-refractivity contribution in [3.63, 3.8) is 0 Å².